The lowest BCUT2D eigenvalue weighted by atomic mass is 9.92. The number of hydrogen-bond acceptors (Lipinski definition) is 3. The molecule has 7 heteroatoms. The minimum Gasteiger partial charge on any atom is -0.463 e. The van der Waals surface area contributed by atoms with Crippen LogP contribution in [0.4, 0.5) is 4.39 Å². The van der Waals surface area contributed by atoms with Gasteiger partial charge in [0.15, 0.2) is 0 Å². The zero-order valence-corrected chi connectivity index (χ0v) is 19.4. The van der Waals surface area contributed by atoms with E-state index >= 15 is 0 Å². The molecule has 1 aliphatic carbocycles. The van der Waals surface area contributed by atoms with Crippen LogP contribution in [0.15, 0.2) is 59.2 Å². The summed E-state index contributed by atoms with van der Waals surface area (Å²) in [4.78, 5) is 29.2. The van der Waals surface area contributed by atoms with Crippen LogP contribution in [0.1, 0.15) is 61.5 Å². The van der Waals surface area contributed by atoms with Gasteiger partial charge < -0.3 is 19.2 Å². The molecule has 178 valence electrons. The molecule has 0 unspecified atom stereocenters. The summed E-state index contributed by atoms with van der Waals surface area (Å²) in [7, 11) is 0. The molecule has 0 radical (unpaired) electrons. The Labute approximate surface area is 198 Å². The summed E-state index contributed by atoms with van der Waals surface area (Å²) in [5, 5.41) is 3.25. The Balaban J connectivity index is 1.52. The highest BCUT2D eigenvalue weighted by Crippen LogP contribution is 2.34. The zero-order chi connectivity index (χ0) is 23.7. The minimum absolute atomic E-state index is 0.105. The molecule has 5 rings (SSSR count). The SMILES string of the molecule is C[C@]1(C(=O)NC2CCCCCC2)Cn2c(ccc2-c2ccco2)C(=O)N1Cc1cccc(F)c1. The van der Waals surface area contributed by atoms with Gasteiger partial charge in [-0.25, -0.2) is 4.39 Å². The minimum atomic E-state index is -1.15. The number of rotatable bonds is 5. The highest BCUT2D eigenvalue weighted by atomic mass is 19.1. The fourth-order valence-corrected chi connectivity index (χ4v) is 5.24. The molecule has 3 heterocycles. The van der Waals surface area contributed by atoms with Crippen molar-refractivity contribution in [1.82, 2.24) is 14.8 Å². The maximum Gasteiger partial charge on any atom is 0.271 e. The highest BCUT2D eigenvalue weighted by molar-refractivity contribution is 6.00. The van der Waals surface area contributed by atoms with Crippen LogP contribution in [-0.4, -0.2) is 32.9 Å². The van der Waals surface area contributed by atoms with Crippen molar-refractivity contribution in [2.24, 2.45) is 0 Å². The normalized spacial score (nSPS) is 21.2. The molecule has 1 aliphatic heterocycles. The number of hydrogen-bond donors (Lipinski definition) is 1. The first kappa shape index (κ1) is 22.4. The molecule has 2 amide bonds. The van der Waals surface area contributed by atoms with Crippen molar-refractivity contribution >= 4 is 11.8 Å². The number of carbonyl (C=O) groups excluding carboxylic acids is 2. The number of furan rings is 1. The third-order valence-corrected chi connectivity index (χ3v) is 7.19. The van der Waals surface area contributed by atoms with E-state index in [2.05, 4.69) is 5.32 Å². The predicted octanol–water partition coefficient (Wildman–Crippen LogP) is 5.14. The van der Waals surface area contributed by atoms with Crippen LogP contribution < -0.4 is 5.32 Å². The summed E-state index contributed by atoms with van der Waals surface area (Å²) in [6.07, 6.45) is 8.06. The van der Waals surface area contributed by atoms with Crippen LogP contribution in [0, 0.1) is 5.82 Å². The Morgan fingerprint density at radius 3 is 2.56 bits per heavy atom. The Morgan fingerprint density at radius 1 is 1.09 bits per heavy atom. The van der Waals surface area contributed by atoms with Gasteiger partial charge in [-0.1, -0.05) is 37.8 Å². The molecule has 1 N–H and O–H groups in total. The van der Waals surface area contributed by atoms with Gasteiger partial charge in [0.05, 0.1) is 18.5 Å². The van der Waals surface area contributed by atoms with Crippen LogP contribution in [0.2, 0.25) is 0 Å². The van der Waals surface area contributed by atoms with Crippen LogP contribution in [0.25, 0.3) is 11.5 Å². The quantitative estimate of drug-likeness (QED) is 0.533. The van der Waals surface area contributed by atoms with Crippen LogP contribution in [0.5, 0.6) is 0 Å². The van der Waals surface area contributed by atoms with Gasteiger partial charge in [0.2, 0.25) is 5.91 Å². The summed E-state index contributed by atoms with van der Waals surface area (Å²) in [6.45, 7) is 2.24. The Morgan fingerprint density at radius 2 is 1.85 bits per heavy atom. The number of nitrogens with zero attached hydrogens (tertiary/aromatic N) is 2. The maximum absolute atomic E-state index is 13.9. The van der Waals surface area contributed by atoms with Crippen molar-refractivity contribution in [3.63, 3.8) is 0 Å². The molecule has 1 fully saturated rings. The van der Waals surface area contributed by atoms with Crippen molar-refractivity contribution in [2.75, 3.05) is 0 Å². The number of carbonyl (C=O) groups is 2. The third-order valence-electron chi connectivity index (χ3n) is 7.19. The number of amides is 2. The molecular weight excluding hydrogens is 433 g/mol. The van der Waals surface area contributed by atoms with Crippen LogP contribution in [-0.2, 0) is 17.9 Å². The molecule has 34 heavy (non-hydrogen) atoms. The fourth-order valence-electron chi connectivity index (χ4n) is 5.24. The van der Waals surface area contributed by atoms with Gasteiger partial charge in [-0.2, -0.15) is 0 Å². The highest BCUT2D eigenvalue weighted by Gasteiger charge is 2.48. The van der Waals surface area contributed by atoms with E-state index in [0.29, 0.717) is 17.0 Å². The van der Waals surface area contributed by atoms with Gasteiger partial charge in [-0.15, -0.1) is 0 Å². The Hall–Kier alpha value is -3.35. The van der Waals surface area contributed by atoms with E-state index in [4.69, 9.17) is 4.42 Å². The molecular formula is C27H30FN3O3. The van der Waals surface area contributed by atoms with Crippen molar-refractivity contribution in [3.8, 4) is 11.5 Å². The van der Waals surface area contributed by atoms with Crippen molar-refractivity contribution in [1.29, 1.82) is 0 Å². The zero-order valence-electron chi connectivity index (χ0n) is 19.4. The fraction of sp³-hybridized carbons (Fsp3) is 0.407. The Kier molecular flexibility index (Phi) is 6.02. The molecule has 2 aromatic heterocycles. The number of halogens is 1. The number of nitrogens with one attached hydrogen (secondary N) is 1. The first-order valence-corrected chi connectivity index (χ1v) is 12.1. The lowest BCUT2D eigenvalue weighted by molar-refractivity contribution is -0.134. The lowest BCUT2D eigenvalue weighted by Gasteiger charge is -2.45. The van der Waals surface area contributed by atoms with Crippen molar-refractivity contribution in [2.45, 2.75) is 70.1 Å². The largest absolute Gasteiger partial charge is 0.463 e. The first-order valence-electron chi connectivity index (χ1n) is 12.1. The van der Waals surface area contributed by atoms with Crippen LogP contribution >= 0.6 is 0 Å². The second kappa shape index (κ2) is 9.12. The standard InChI is InChI=1S/C27H30FN3O3/c1-27(26(33)29-21-10-4-2-3-5-11-21)18-30-22(24-12-7-15-34-24)13-14-23(30)25(32)31(27)17-19-8-6-9-20(28)16-19/h6-9,12-16,21H,2-5,10-11,17-18H2,1H3,(H,29,33)/t27-/m1/s1. The summed E-state index contributed by atoms with van der Waals surface area (Å²) in [6, 6.07) is 13.6. The van der Waals surface area contributed by atoms with E-state index in [0.717, 1.165) is 31.4 Å². The van der Waals surface area contributed by atoms with Gasteiger partial charge in [0.1, 0.15) is 22.8 Å². The van der Waals surface area contributed by atoms with Gasteiger partial charge in [0.25, 0.3) is 5.91 Å². The average Bonchev–Trinajstić information content (AvgIpc) is 3.41. The summed E-state index contributed by atoms with van der Waals surface area (Å²) in [5.41, 5.74) is 0.742. The van der Waals surface area contributed by atoms with E-state index in [1.807, 2.05) is 23.6 Å². The molecule has 1 atom stereocenters. The van der Waals surface area contributed by atoms with Gasteiger partial charge >= 0.3 is 0 Å². The predicted molar refractivity (Wildman–Crippen MR) is 126 cm³/mol. The molecule has 1 aromatic carbocycles. The number of benzene rings is 1. The summed E-state index contributed by atoms with van der Waals surface area (Å²) < 4.78 is 21.4. The number of fused-ring (bicyclic) bond motifs is 1. The maximum atomic E-state index is 13.9. The molecule has 0 saturated heterocycles. The summed E-state index contributed by atoms with van der Waals surface area (Å²) in [5.74, 6) is -0.153. The van der Waals surface area contributed by atoms with E-state index < -0.39 is 5.54 Å². The topological polar surface area (TPSA) is 67.5 Å². The van der Waals surface area contributed by atoms with E-state index in [1.54, 1.807) is 35.4 Å². The van der Waals surface area contributed by atoms with E-state index in [1.165, 1.54) is 25.0 Å². The number of aromatic nitrogens is 1. The van der Waals surface area contributed by atoms with Gasteiger partial charge in [0, 0.05) is 12.6 Å². The monoisotopic (exact) mass is 463 g/mol. The van der Waals surface area contributed by atoms with Gasteiger partial charge in [-0.3, -0.25) is 9.59 Å². The molecule has 6 nitrogen and oxygen atoms in total. The average molecular weight is 464 g/mol. The van der Waals surface area contributed by atoms with Gasteiger partial charge in [-0.05, 0) is 61.7 Å². The smallest absolute Gasteiger partial charge is 0.271 e. The van der Waals surface area contributed by atoms with E-state index in [-0.39, 0.29) is 36.8 Å². The van der Waals surface area contributed by atoms with Crippen LogP contribution in [0.3, 0.4) is 0 Å². The van der Waals surface area contributed by atoms with E-state index in [9.17, 15) is 14.0 Å². The van der Waals surface area contributed by atoms with Crippen molar-refractivity contribution in [3.05, 3.63) is 71.9 Å². The molecule has 0 spiro atoms. The Bertz CT molecular complexity index is 1180. The molecule has 0 bridgehead atoms. The second-order valence-corrected chi connectivity index (χ2v) is 9.62. The first-order chi connectivity index (χ1) is 16.5. The molecule has 2 aliphatic rings. The lowest BCUT2D eigenvalue weighted by Crippen LogP contribution is -2.64. The second-order valence-electron chi connectivity index (χ2n) is 9.62. The molecule has 3 aromatic rings. The molecule has 1 saturated carbocycles. The summed E-state index contributed by atoms with van der Waals surface area (Å²) >= 11 is 0. The van der Waals surface area contributed by atoms with Crippen molar-refractivity contribution < 1.29 is 18.4 Å². The third kappa shape index (κ3) is 4.15.